The summed E-state index contributed by atoms with van der Waals surface area (Å²) in [6.45, 7) is 4.30. The largest absolute Gasteiger partial charge is 0.271 e. The summed E-state index contributed by atoms with van der Waals surface area (Å²) in [5.74, 6) is 5.73. The highest BCUT2D eigenvalue weighted by Gasteiger charge is 2.19. The van der Waals surface area contributed by atoms with Crippen LogP contribution in [0.5, 0.6) is 0 Å². The molecule has 0 saturated heterocycles. The molecule has 0 saturated carbocycles. The van der Waals surface area contributed by atoms with Crippen molar-refractivity contribution in [1.29, 1.82) is 0 Å². The first-order valence-corrected chi connectivity index (χ1v) is 7.43. The molecule has 1 unspecified atom stereocenters. The number of benzene rings is 1. The number of hydrogen-bond donors (Lipinski definition) is 2. The van der Waals surface area contributed by atoms with E-state index in [9.17, 15) is 0 Å². The van der Waals surface area contributed by atoms with Crippen LogP contribution < -0.4 is 11.3 Å². The molecule has 1 aromatic heterocycles. The van der Waals surface area contributed by atoms with Crippen LogP contribution in [0, 0.1) is 0 Å². The summed E-state index contributed by atoms with van der Waals surface area (Å²) in [6.07, 6.45) is 3.05. The minimum atomic E-state index is -0.0209. The lowest BCUT2D eigenvalue weighted by Gasteiger charge is -2.15. The molecule has 0 spiro atoms. The Morgan fingerprint density at radius 3 is 2.58 bits per heavy atom. The Balaban J connectivity index is 2.29. The fraction of sp³-hybridized carbons (Fsp3) is 0.429. The molecule has 102 valence electrons. The average Bonchev–Trinajstić information content (AvgIpc) is 2.89. The predicted octanol–water partition coefficient (Wildman–Crippen LogP) is 2.61. The molecule has 0 bridgehead atoms. The predicted molar refractivity (Wildman–Crippen MR) is 78.9 cm³/mol. The highest BCUT2D eigenvalue weighted by Crippen LogP contribution is 2.27. The van der Waals surface area contributed by atoms with Gasteiger partial charge in [0.15, 0.2) is 0 Å². The third kappa shape index (κ3) is 3.18. The van der Waals surface area contributed by atoms with Gasteiger partial charge in [0.05, 0.1) is 16.6 Å². The third-order valence-electron chi connectivity index (χ3n) is 3.22. The Kier molecular flexibility index (Phi) is 5.01. The fourth-order valence-electron chi connectivity index (χ4n) is 2.11. The van der Waals surface area contributed by atoms with Crippen molar-refractivity contribution in [2.45, 2.75) is 39.2 Å². The smallest absolute Gasteiger partial charge is 0.0837 e. The minimum Gasteiger partial charge on any atom is -0.271 e. The highest BCUT2D eigenvalue weighted by atomic mass is 32.1. The lowest BCUT2D eigenvalue weighted by molar-refractivity contribution is 0.636. The molecule has 0 aliphatic rings. The number of aryl methyl sites for hydroxylation is 2. The first kappa shape index (κ1) is 14.1. The first-order valence-electron chi connectivity index (χ1n) is 6.66. The van der Waals surface area contributed by atoms with Crippen molar-refractivity contribution in [2.75, 3.05) is 0 Å². The number of rotatable bonds is 6. The standard InChI is InChI=1S/C14H20N4S/c1-3-5-12-14(19-18-17-12)13(16-15)11-8-6-10(4-2)7-9-11/h6-9,13,16H,3-5,15H2,1-2H3. The number of nitrogens with one attached hydrogen (secondary N) is 1. The number of aromatic nitrogens is 2. The van der Waals surface area contributed by atoms with Crippen LogP contribution in [0.1, 0.15) is 48.0 Å². The van der Waals surface area contributed by atoms with Gasteiger partial charge >= 0.3 is 0 Å². The van der Waals surface area contributed by atoms with Crippen LogP contribution in [0.15, 0.2) is 24.3 Å². The van der Waals surface area contributed by atoms with Crippen LogP contribution in [-0.4, -0.2) is 9.59 Å². The summed E-state index contributed by atoms with van der Waals surface area (Å²) in [7, 11) is 0. The van der Waals surface area contributed by atoms with E-state index < -0.39 is 0 Å². The van der Waals surface area contributed by atoms with Gasteiger partial charge in [-0.2, -0.15) is 0 Å². The molecule has 1 aromatic carbocycles. The average molecular weight is 276 g/mol. The van der Waals surface area contributed by atoms with E-state index in [-0.39, 0.29) is 6.04 Å². The molecular formula is C14H20N4S. The maximum Gasteiger partial charge on any atom is 0.0837 e. The Morgan fingerprint density at radius 2 is 2.00 bits per heavy atom. The second kappa shape index (κ2) is 6.75. The van der Waals surface area contributed by atoms with Gasteiger partial charge in [-0.3, -0.25) is 5.84 Å². The monoisotopic (exact) mass is 276 g/mol. The summed E-state index contributed by atoms with van der Waals surface area (Å²) in [6, 6.07) is 8.52. The maximum absolute atomic E-state index is 5.73. The van der Waals surface area contributed by atoms with Crippen LogP contribution >= 0.6 is 11.5 Å². The number of hydrogen-bond acceptors (Lipinski definition) is 5. The number of hydrazine groups is 1. The van der Waals surface area contributed by atoms with E-state index in [1.807, 2.05) is 0 Å². The van der Waals surface area contributed by atoms with E-state index in [1.54, 1.807) is 0 Å². The molecule has 2 rings (SSSR count). The zero-order valence-electron chi connectivity index (χ0n) is 11.4. The van der Waals surface area contributed by atoms with Gasteiger partial charge < -0.3 is 0 Å². The van der Waals surface area contributed by atoms with Crippen molar-refractivity contribution in [2.24, 2.45) is 5.84 Å². The lowest BCUT2D eigenvalue weighted by atomic mass is 10.0. The van der Waals surface area contributed by atoms with Crippen LogP contribution in [0.25, 0.3) is 0 Å². The van der Waals surface area contributed by atoms with Gasteiger partial charge in [0.2, 0.25) is 0 Å². The molecule has 3 N–H and O–H groups in total. The molecular weight excluding hydrogens is 256 g/mol. The molecule has 0 amide bonds. The first-order chi connectivity index (χ1) is 9.30. The van der Waals surface area contributed by atoms with E-state index in [0.29, 0.717) is 0 Å². The van der Waals surface area contributed by atoms with Crippen LogP contribution in [0.3, 0.4) is 0 Å². The molecule has 0 fully saturated rings. The van der Waals surface area contributed by atoms with Gasteiger partial charge in [0.25, 0.3) is 0 Å². The second-order valence-electron chi connectivity index (χ2n) is 4.53. The van der Waals surface area contributed by atoms with Crippen molar-refractivity contribution in [3.63, 3.8) is 0 Å². The van der Waals surface area contributed by atoms with Crippen LogP contribution in [0.4, 0.5) is 0 Å². The van der Waals surface area contributed by atoms with Crippen LogP contribution in [0.2, 0.25) is 0 Å². The molecule has 0 radical (unpaired) electrons. The van der Waals surface area contributed by atoms with Gasteiger partial charge in [-0.05, 0) is 35.5 Å². The minimum absolute atomic E-state index is 0.0209. The zero-order chi connectivity index (χ0) is 13.7. The Hall–Kier alpha value is -1.30. The van der Waals surface area contributed by atoms with E-state index in [4.69, 9.17) is 5.84 Å². The van der Waals surface area contributed by atoms with E-state index in [2.05, 4.69) is 53.1 Å². The van der Waals surface area contributed by atoms with Gasteiger partial charge in [-0.15, -0.1) is 5.10 Å². The molecule has 0 aliphatic carbocycles. The van der Waals surface area contributed by atoms with Crippen molar-refractivity contribution in [3.8, 4) is 0 Å². The SMILES string of the molecule is CCCc1nnsc1C(NN)c1ccc(CC)cc1. The summed E-state index contributed by atoms with van der Waals surface area (Å²) >= 11 is 1.42. The normalized spacial score (nSPS) is 12.6. The quantitative estimate of drug-likeness (QED) is 0.629. The molecule has 19 heavy (non-hydrogen) atoms. The summed E-state index contributed by atoms with van der Waals surface area (Å²) in [5, 5.41) is 4.21. The van der Waals surface area contributed by atoms with Crippen molar-refractivity contribution in [3.05, 3.63) is 46.0 Å². The zero-order valence-corrected chi connectivity index (χ0v) is 12.2. The van der Waals surface area contributed by atoms with E-state index in [1.165, 1.54) is 17.1 Å². The van der Waals surface area contributed by atoms with Gasteiger partial charge in [-0.1, -0.05) is 49.0 Å². The van der Waals surface area contributed by atoms with Crippen molar-refractivity contribution < 1.29 is 0 Å². The van der Waals surface area contributed by atoms with Crippen LogP contribution in [-0.2, 0) is 12.8 Å². The molecule has 2 aromatic rings. The Labute approximate surface area is 118 Å². The van der Waals surface area contributed by atoms with Gasteiger partial charge in [-0.25, -0.2) is 5.43 Å². The van der Waals surface area contributed by atoms with Crippen molar-refractivity contribution in [1.82, 2.24) is 15.0 Å². The Bertz CT molecular complexity index is 506. The second-order valence-corrected chi connectivity index (χ2v) is 5.31. The molecule has 5 heteroatoms. The lowest BCUT2D eigenvalue weighted by Crippen LogP contribution is -2.29. The molecule has 0 aliphatic heterocycles. The third-order valence-corrected chi connectivity index (χ3v) is 4.05. The maximum atomic E-state index is 5.73. The highest BCUT2D eigenvalue weighted by molar-refractivity contribution is 7.05. The van der Waals surface area contributed by atoms with E-state index in [0.717, 1.165) is 35.4 Å². The number of nitrogens with two attached hydrogens (primary N) is 1. The van der Waals surface area contributed by atoms with Gasteiger partial charge in [0.1, 0.15) is 0 Å². The summed E-state index contributed by atoms with van der Waals surface area (Å²) < 4.78 is 4.06. The topological polar surface area (TPSA) is 63.8 Å². The molecule has 1 heterocycles. The molecule has 4 nitrogen and oxygen atoms in total. The summed E-state index contributed by atoms with van der Waals surface area (Å²) in [4.78, 5) is 1.12. The Morgan fingerprint density at radius 1 is 1.26 bits per heavy atom. The van der Waals surface area contributed by atoms with Crippen molar-refractivity contribution >= 4 is 11.5 Å². The molecule has 1 atom stereocenters. The van der Waals surface area contributed by atoms with Gasteiger partial charge in [0, 0.05) is 0 Å². The fourth-order valence-corrected chi connectivity index (χ4v) is 2.90. The van der Waals surface area contributed by atoms with E-state index >= 15 is 0 Å². The summed E-state index contributed by atoms with van der Waals surface area (Å²) in [5.41, 5.74) is 6.42. The number of nitrogens with zero attached hydrogens (tertiary/aromatic N) is 2.